The number of aromatic nitrogens is 2. The van der Waals surface area contributed by atoms with E-state index in [2.05, 4.69) is 29.4 Å². The molecule has 0 saturated carbocycles. The van der Waals surface area contributed by atoms with Gasteiger partial charge in [-0.2, -0.15) is 0 Å². The molecule has 0 saturated heterocycles. The van der Waals surface area contributed by atoms with Gasteiger partial charge in [0.25, 0.3) is 0 Å². The summed E-state index contributed by atoms with van der Waals surface area (Å²) in [4.78, 5) is 0. The van der Waals surface area contributed by atoms with Crippen molar-refractivity contribution in [2.75, 3.05) is 6.54 Å². The lowest BCUT2D eigenvalue weighted by molar-refractivity contribution is 0.484. The molecule has 2 aromatic rings. The Morgan fingerprint density at radius 3 is 2.84 bits per heavy atom. The molecule has 0 atom stereocenters. The summed E-state index contributed by atoms with van der Waals surface area (Å²) < 4.78 is 5.67. The SMILES string of the molecule is Cc1c(Cl)cccc1-c1nnc(CCNC(C)C)o1. The lowest BCUT2D eigenvalue weighted by Crippen LogP contribution is -2.25. The van der Waals surface area contributed by atoms with E-state index in [4.69, 9.17) is 16.0 Å². The fourth-order valence-electron chi connectivity index (χ4n) is 1.77. The maximum Gasteiger partial charge on any atom is 0.248 e. The fraction of sp³-hybridized carbons (Fsp3) is 0.429. The summed E-state index contributed by atoms with van der Waals surface area (Å²) in [7, 11) is 0. The zero-order valence-electron chi connectivity index (χ0n) is 11.4. The van der Waals surface area contributed by atoms with Crippen LogP contribution in [0.3, 0.4) is 0 Å². The summed E-state index contributed by atoms with van der Waals surface area (Å²) in [5, 5.41) is 12.2. The summed E-state index contributed by atoms with van der Waals surface area (Å²) in [6, 6.07) is 6.13. The Bertz CT molecular complexity index is 551. The Labute approximate surface area is 118 Å². The van der Waals surface area contributed by atoms with E-state index >= 15 is 0 Å². The van der Waals surface area contributed by atoms with Crippen molar-refractivity contribution in [3.63, 3.8) is 0 Å². The van der Waals surface area contributed by atoms with Gasteiger partial charge < -0.3 is 9.73 Å². The quantitative estimate of drug-likeness (QED) is 0.913. The smallest absolute Gasteiger partial charge is 0.248 e. The molecule has 0 unspecified atom stereocenters. The van der Waals surface area contributed by atoms with Crippen molar-refractivity contribution in [3.05, 3.63) is 34.7 Å². The van der Waals surface area contributed by atoms with Crippen LogP contribution in [-0.4, -0.2) is 22.8 Å². The van der Waals surface area contributed by atoms with Crippen molar-refractivity contribution >= 4 is 11.6 Å². The molecule has 1 heterocycles. The summed E-state index contributed by atoms with van der Waals surface area (Å²) >= 11 is 6.09. The van der Waals surface area contributed by atoms with Crippen LogP contribution >= 0.6 is 11.6 Å². The van der Waals surface area contributed by atoms with Crippen molar-refractivity contribution in [1.82, 2.24) is 15.5 Å². The van der Waals surface area contributed by atoms with Crippen molar-refractivity contribution in [2.45, 2.75) is 33.2 Å². The number of benzene rings is 1. The van der Waals surface area contributed by atoms with Crippen LogP contribution < -0.4 is 5.32 Å². The minimum Gasteiger partial charge on any atom is -0.421 e. The van der Waals surface area contributed by atoms with Crippen LogP contribution in [0, 0.1) is 6.92 Å². The molecule has 0 aliphatic carbocycles. The fourth-order valence-corrected chi connectivity index (χ4v) is 1.94. The topological polar surface area (TPSA) is 51.0 Å². The van der Waals surface area contributed by atoms with E-state index in [1.807, 2.05) is 25.1 Å². The van der Waals surface area contributed by atoms with Gasteiger partial charge in [0.1, 0.15) is 0 Å². The second-order valence-electron chi connectivity index (χ2n) is 4.77. The normalized spacial score (nSPS) is 11.2. The summed E-state index contributed by atoms with van der Waals surface area (Å²) in [6.45, 7) is 6.98. The molecule has 0 fully saturated rings. The van der Waals surface area contributed by atoms with Gasteiger partial charge in [-0.1, -0.05) is 31.5 Å². The number of hydrogen-bond acceptors (Lipinski definition) is 4. The lowest BCUT2D eigenvalue weighted by Gasteiger charge is -2.05. The van der Waals surface area contributed by atoms with Crippen LogP contribution in [-0.2, 0) is 6.42 Å². The molecule has 2 rings (SSSR count). The molecule has 0 bridgehead atoms. The maximum atomic E-state index is 6.09. The first-order chi connectivity index (χ1) is 9.08. The van der Waals surface area contributed by atoms with Gasteiger partial charge in [0, 0.05) is 29.6 Å². The number of halogens is 1. The van der Waals surface area contributed by atoms with E-state index in [0.29, 0.717) is 22.8 Å². The Hall–Kier alpha value is -1.39. The van der Waals surface area contributed by atoms with Gasteiger partial charge in [0.2, 0.25) is 11.8 Å². The number of rotatable bonds is 5. The Balaban J connectivity index is 2.10. The largest absolute Gasteiger partial charge is 0.421 e. The van der Waals surface area contributed by atoms with Gasteiger partial charge >= 0.3 is 0 Å². The van der Waals surface area contributed by atoms with Crippen molar-refractivity contribution in [3.8, 4) is 11.5 Å². The standard InChI is InChI=1S/C14H18ClN3O/c1-9(2)16-8-7-13-17-18-14(19-13)11-5-4-6-12(15)10(11)3/h4-6,9,16H,7-8H2,1-3H3. The molecule has 0 amide bonds. The van der Waals surface area contributed by atoms with Crippen molar-refractivity contribution < 1.29 is 4.42 Å². The average Bonchev–Trinajstić information content (AvgIpc) is 2.81. The van der Waals surface area contributed by atoms with E-state index in [1.165, 1.54) is 0 Å². The summed E-state index contributed by atoms with van der Waals surface area (Å²) in [5.74, 6) is 1.17. The molecule has 5 heteroatoms. The molecule has 1 aromatic heterocycles. The zero-order valence-corrected chi connectivity index (χ0v) is 12.2. The van der Waals surface area contributed by atoms with Crippen LogP contribution in [0.2, 0.25) is 5.02 Å². The third-order valence-electron chi connectivity index (χ3n) is 2.86. The highest BCUT2D eigenvalue weighted by molar-refractivity contribution is 6.31. The summed E-state index contributed by atoms with van der Waals surface area (Å²) in [6.07, 6.45) is 0.727. The maximum absolute atomic E-state index is 6.09. The Morgan fingerprint density at radius 1 is 1.32 bits per heavy atom. The molecule has 1 aromatic carbocycles. The molecular weight excluding hydrogens is 262 g/mol. The third kappa shape index (κ3) is 3.55. The molecule has 102 valence electrons. The molecule has 0 radical (unpaired) electrons. The van der Waals surface area contributed by atoms with Gasteiger partial charge in [-0.3, -0.25) is 0 Å². The van der Waals surface area contributed by atoms with Crippen molar-refractivity contribution in [1.29, 1.82) is 0 Å². The Kier molecular flexibility index (Phi) is 4.56. The van der Waals surface area contributed by atoms with Crippen molar-refractivity contribution in [2.24, 2.45) is 0 Å². The predicted molar refractivity (Wildman–Crippen MR) is 76.3 cm³/mol. The van der Waals surface area contributed by atoms with E-state index in [-0.39, 0.29) is 0 Å². The van der Waals surface area contributed by atoms with E-state index in [9.17, 15) is 0 Å². The van der Waals surface area contributed by atoms with Gasteiger partial charge in [-0.25, -0.2) is 0 Å². The highest BCUT2D eigenvalue weighted by atomic mass is 35.5. The summed E-state index contributed by atoms with van der Waals surface area (Å²) in [5.41, 5.74) is 1.85. The number of nitrogens with one attached hydrogen (secondary N) is 1. The highest BCUT2D eigenvalue weighted by Gasteiger charge is 2.12. The first-order valence-corrected chi connectivity index (χ1v) is 6.77. The molecule has 19 heavy (non-hydrogen) atoms. The first kappa shape index (κ1) is 14.0. The average molecular weight is 280 g/mol. The third-order valence-corrected chi connectivity index (χ3v) is 3.27. The number of hydrogen-bond donors (Lipinski definition) is 1. The minimum absolute atomic E-state index is 0.456. The molecule has 1 N–H and O–H groups in total. The predicted octanol–water partition coefficient (Wildman–Crippen LogP) is 3.24. The molecule has 4 nitrogen and oxygen atoms in total. The van der Waals surface area contributed by atoms with Gasteiger partial charge in [-0.15, -0.1) is 10.2 Å². The lowest BCUT2D eigenvalue weighted by atomic mass is 10.1. The molecular formula is C14H18ClN3O. The van der Waals surface area contributed by atoms with E-state index in [1.54, 1.807) is 0 Å². The molecule has 0 aliphatic heterocycles. The first-order valence-electron chi connectivity index (χ1n) is 6.39. The number of nitrogens with zero attached hydrogens (tertiary/aromatic N) is 2. The van der Waals surface area contributed by atoms with Crippen LogP contribution in [0.25, 0.3) is 11.5 Å². The monoisotopic (exact) mass is 279 g/mol. The molecule has 0 aliphatic rings. The molecule has 0 spiro atoms. The zero-order chi connectivity index (χ0) is 13.8. The van der Waals surface area contributed by atoms with Crippen LogP contribution in [0.15, 0.2) is 22.6 Å². The van der Waals surface area contributed by atoms with Gasteiger partial charge in [0.05, 0.1) is 0 Å². The second-order valence-corrected chi connectivity index (χ2v) is 5.18. The van der Waals surface area contributed by atoms with Gasteiger partial charge in [0.15, 0.2) is 0 Å². The Morgan fingerprint density at radius 2 is 2.11 bits per heavy atom. The minimum atomic E-state index is 0.456. The van der Waals surface area contributed by atoms with Crippen LogP contribution in [0.1, 0.15) is 25.3 Å². The van der Waals surface area contributed by atoms with Crippen LogP contribution in [0.5, 0.6) is 0 Å². The van der Waals surface area contributed by atoms with E-state index in [0.717, 1.165) is 24.1 Å². The van der Waals surface area contributed by atoms with E-state index < -0.39 is 0 Å². The van der Waals surface area contributed by atoms with Gasteiger partial charge in [-0.05, 0) is 24.6 Å². The highest BCUT2D eigenvalue weighted by Crippen LogP contribution is 2.27. The van der Waals surface area contributed by atoms with Crippen LogP contribution in [0.4, 0.5) is 0 Å². The second kappa shape index (κ2) is 6.17.